The van der Waals surface area contributed by atoms with Crippen molar-refractivity contribution in [3.05, 3.63) is 53.1 Å². The molecule has 0 atom stereocenters. The highest BCUT2D eigenvalue weighted by molar-refractivity contribution is 5.92. The van der Waals surface area contributed by atoms with Crippen molar-refractivity contribution in [2.24, 2.45) is 7.05 Å². The van der Waals surface area contributed by atoms with Gasteiger partial charge in [0.25, 0.3) is 0 Å². The number of hydrogen-bond acceptors (Lipinski definition) is 4. The fraction of sp³-hybridized carbons (Fsp3) is 0.421. The van der Waals surface area contributed by atoms with Crippen LogP contribution in [0.15, 0.2) is 30.5 Å². The lowest BCUT2D eigenvalue weighted by Crippen LogP contribution is -2.47. The second-order valence-corrected chi connectivity index (χ2v) is 6.46. The third-order valence-corrected chi connectivity index (χ3v) is 4.75. The summed E-state index contributed by atoms with van der Waals surface area (Å²) in [6.07, 6.45) is 5.38. The van der Waals surface area contributed by atoms with Gasteiger partial charge in [0.05, 0.1) is 11.4 Å². The Morgan fingerprint density at radius 3 is 2.56 bits per heavy atom. The van der Waals surface area contributed by atoms with Crippen LogP contribution >= 0.6 is 0 Å². The van der Waals surface area contributed by atoms with E-state index in [4.69, 9.17) is 0 Å². The van der Waals surface area contributed by atoms with Gasteiger partial charge in [-0.05, 0) is 32.1 Å². The van der Waals surface area contributed by atoms with E-state index in [0.717, 1.165) is 55.4 Å². The minimum Gasteiger partial charge on any atom is -0.337 e. The molecule has 0 radical (unpaired) electrons. The standard InChI is InChI=1S/C19H25N5O/c1-15-18(16(2)22(3)21-15)7-8-19(25)24-12-10-23(11-13-24)14-17-6-4-5-9-20-17/h4-9H,10-14H2,1-3H3/b8-7+. The average Bonchev–Trinajstić information content (AvgIpc) is 2.86. The number of hydrogen-bond donors (Lipinski definition) is 0. The van der Waals surface area contributed by atoms with Crippen molar-refractivity contribution in [2.45, 2.75) is 20.4 Å². The zero-order valence-electron chi connectivity index (χ0n) is 15.1. The molecule has 6 nitrogen and oxygen atoms in total. The van der Waals surface area contributed by atoms with Crippen LogP contribution in [0.4, 0.5) is 0 Å². The number of nitrogens with zero attached hydrogens (tertiary/aromatic N) is 5. The molecule has 0 bridgehead atoms. The number of amides is 1. The molecular formula is C19H25N5O. The van der Waals surface area contributed by atoms with Crippen LogP contribution in [0.3, 0.4) is 0 Å². The molecule has 0 aromatic carbocycles. The minimum atomic E-state index is 0.0696. The average molecular weight is 339 g/mol. The number of carbonyl (C=O) groups is 1. The van der Waals surface area contributed by atoms with Crippen LogP contribution in [0.5, 0.6) is 0 Å². The molecule has 0 spiro atoms. The van der Waals surface area contributed by atoms with Gasteiger partial charge in [0.1, 0.15) is 0 Å². The summed E-state index contributed by atoms with van der Waals surface area (Å²) in [6, 6.07) is 5.98. The summed E-state index contributed by atoms with van der Waals surface area (Å²) in [5.74, 6) is 0.0696. The van der Waals surface area contributed by atoms with E-state index in [9.17, 15) is 4.79 Å². The molecule has 6 heteroatoms. The van der Waals surface area contributed by atoms with E-state index >= 15 is 0 Å². The molecule has 1 saturated heterocycles. The van der Waals surface area contributed by atoms with Gasteiger partial charge in [-0.2, -0.15) is 5.10 Å². The first-order valence-corrected chi connectivity index (χ1v) is 8.64. The van der Waals surface area contributed by atoms with Gasteiger partial charge in [0.15, 0.2) is 0 Å². The zero-order valence-corrected chi connectivity index (χ0v) is 15.1. The number of aryl methyl sites for hydroxylation is 2. The van der Waals surface area contributed by atoms with E-state index in [1.54, 1.807) is 6.08 Å². The molecule has 3 rings (SSSR count). The maximum absolute atomic E-state index is 12.4. The molecular weight excluding hydrogens is 314 g/mol. The van der Waals surface area contributed by atoms with Gasteiger partial charge in [-0.15, -0.1) is 0 Å². The van der Waals surface area contributed by atoms with Crippen molar-refractivity contribution in [2.75, 3.05) is 26.2 Å². The van der Waals surface area contributed by atoms with Crippen molar-refractivity contribution < 1.29 is 4.79 Å². The van der Waals surface area contributed by atoms with Crippen molar-refractivity contribution in [3.63, 3.8) is 0 Å². The van der Waals surface area contributed by atoms with Gasteiger partial charge in [-0.1, -0.05) is 6.07 Å². The Morgan fingerprint density at radius 2 is 1.96 bits per heavy atom. The van der Waals surface area contributed by atoms with E-state index in [1.807, 2.05) is 60.9 Å². The third-order valence-electron chi connectivity index (χ3n) is 4.75. The lowest BCUT2D eigenvalue weighted by Gasteiger charge is -2.34. The molecule has 1 aliphatic rings. The maximum atomic E-state index is 12.4. The monoisotopic (exact) mass is 339 g/mol. The normalized spacial score (nSPS) is 15.9. The Hall–Kier alpha value is -2.47. The summed E-state index contributed by atoms with van der Waals surface area (Å²) in [5, 5.41) is 4.38. The predicted molar refractivity (Wildman–Crippen MR) is 97.8 cm³/mol. The number of rotatable bonds is 4. The fourth-order valence-electron chi connectivity index (χ4n) is 3.14. The highest BCUT2D eigenvalue weighted by Gasteiger charge is 2.20. The van der Waals surface area contributed by atoms with Crippen LogP contribution in [-0.4, -0.2) is 56.7 Å². The highest BCUT2D eigenvalue weighted by Crippen LogP contribution is 2.14. The molecule has 0 unspecified atom stereocenters. The van der Waals surface area contributed by atoms with E-state index in [-0.39, 0.29) is 5.91 Å². The van der Waals surface area contributed by atoms with E-state index in [1.165, 1.54) is 0 Å². The summed E-state index contributed by atoms with van der Waals surface area (Å²) >= 11 is 0. The summed E-state index contributed by atoms with van der Waals surface area (Å²) in [5.41, 5.74) is 4.13. The largest absolute Gasteiger partial charge is 0.337 e. The lowest BCUT2D eigenvalue weighted by molar-refractivity contribution is -0.127. The van der Waals surface area contributed by atoms with E-state index in [0.29, 0.717) is 0 Å². The first-order chi connectivity index (χ1) is 12.0. The first-order valence-electron chi connectivity index (χ1n) is 8.64. The Morgan fingerprint density at radius 1 is 1.20 bits per heavy atom. The van der Waals surface area contributed by atoms with Gasteiger partial charge in [-0.25, -0.2) is 0 Å². The van der Waals surface area contributed by atoms with Crippen molar-refractivity contribution >= 4 is 12.0 Å². The quantitative estimate of drug-likeness (QED) is 0.797. The molecule has 1 amide bonds. The van der Waals surface area contributed by atoms with Gasteiger partial charge < -0.3 is 4.90 Å². The van der Waals surface area contributed by atoms with Crippen molar-refractivity contribution in [3.8, 4) is 0 Å². The van der Waals surface area contributed by atoms with Crippen LogP contribution in [0, 0.1) is 13.8 Å². The Labute approximate surface area is 148 Å². The molecule has 2 aromatic rings. The molecule has 132 valence electrons. The molecule has 25 heavy (non-hydrogen) atoms. The second kappa shape index (κ2) is 7.61. The van der Waals surface area contributed by atoms with Gasteiger partial charge in [0.2, 0.25) is 5.91 Å². The third kappa shape index (κ3) is 4.14. The molecule has 3 heterocycles. The smallest absolute Gasteiger partial charge is 0.246 e. The Balaban J connectivity index is 1.54. The minimum absolute atomic E-state index is 0.0696. The molecule has 1 aliphatic heterocycles. The van der Waals surface area contributed by atoms with Crippen molar-refractivity contribution in [1.82, 2.24) is 24.6 Å². The molecule has 2 aromatic heterocycles. The SMILES string of the molecule is Cc1nn(C)c(C)c1/C=C/C(=O)N1CCN(Cc2ccccn2)CC1. The van der Waals surface area contributed by atoms with Crippen molar-refractivity contribution in [1.29, 1.82) is 0 Å². The topological polar surface area (TPSA) is 54.3 Å². The second-order valence-electron chi connectivity index (χ2n) is 6.46. The van der Waals surface area contributed by atoms with Crippen LogP contribution < -0.4 is 0 Å². The van der Waals surface area contributed by atoms with Crippen LogP contribution in [-0.2, 0) is 18.4 Å². The number of carbonyl (C=O) groups excluding carboxylic acids is 1. The lowest BCUT2D eigenvalue weighted by atomic mass is 10.2. The zero-order chi connectivity index (χ0) is 17.8. The van der Waals surface area contributed by atoms with E-state index in [2.05, 4.69) is 15.0 Å². The maximum Gasteiger partial charge on any atom is 0.246 e. The number of piperazine rings is 1. The van der Waals surface area contributed by atoms with Crippen LogP contribution in [0.1, 0.15) is 22.6 Å². The summed E-state index contributed by atoms with van der Waals surface area (Å²) in [4.78, 5) is 21.1. The summed E-state index contributed by atoms with van der Waals surface area (Å²) in [7, 11) is 1.92. The van der Waals surface area contributed by atoms with Gasteiger partial charge >= 0.3 is 0 Å². The Bertz CT molecular complexity index is 758. The fourth-order valence-corrected chi connectivity index (χ4v) is 3.14. The van der Waals surface area contributed by atoms with Gasteiger partial charge in [0, 0.05) is 63.3 Å². The summed E-state index contributed by atoms with van der Waals surface area (Å²) < 4.78 is 1.84. The molecule has 0 N–H and O–H groups in total. The first kappa shape index (κ1) is 17.4. The van der Waals surface area contributed by atoms with Crippen LogP contribution in [0.2, 0.25) is 0 Å². The molecule has 1 fully saturated rings. The number of aromatic nitrogens is 3. The Kier molecular flexibility index (Phi) is 5.28. The molecule has 0 saturated carbocycles. The summed E-state index contributed by atoms with van der Waals surface area (Å²) in [6.45, 7) is 8.07. The highest BCUT2D eigenvalue weighted by atomic mass is 16.2. The molecule has 0 aliphatic carbocycles. The predicted octanol–water partition coefficient (Wildman–Crippen LogP) is 1.79. The number of pyridine rings is 1. The van der Waals surface area contributed by atoms with E-state index < -0.39 is 0 Å². The van der Waals surface area contributed by atoms with Gasteiger partial charge in [-0.3, -0.25) is 19.4 Å². The van der Waals surface area contributed by atoms with Crippen LogP contribution in [0.25, 0.3) is 6.08 Å².